The van der Waals surface area contributed by atoms with E-state index in [1.54, 1.807) is 36.1 Å². The molecule has 156 valence electrons. The minimum atomic E-state index is -0.821. The standard InChI is InChI=1S/C23H24N2O5/c1-15(21(27)24-12-2-3-13-24)30-19(26)11-6-14-25-22(28)17-9-4-7-16-8-5-10-18(20(16)17)23(25)29/h4-5,7-10,15H,2-3,6,11-14H2,1H3/t15-/m1/s1. The lowest BCUT2D eigenvalue weighted by Gasteiger charge is -2.27. The smallest absolute Gasteiger partial charge is 0.306 e. The maximum Gasteiger partial charge on any atom is 0.306 e. The maximum absolute atomic E-state index is 12.8. The lowest BCUT2D eigenvalue weighted by Crippen LogP contribution is -2.41. The second kappa shape index (κ2) is 8.26. The molecule has 0 aromatic heterocycles. The summed E-state index contributed by atoms with van der Waals surface area (Å²) >= 11 is 0. The number of hydrogen-bond acceptors (Lipinski definition) is 5. The van der Waals surface area contributed by atoms with Crippen molar-refractivity contribution >= 4 is 34.5 Å². The Morgan fingerprint density at radius 3 is 2.20 bits per heavy atom. The SMILES string of the molecule is C[C@@H](OC(=O)CCCN1C(=O)c2cccc3cccc(c23)C1=O)C(=O)N1CCCC1. The second-order valence-corrected chi connectivity index (χ2v) is 7.74. The van der Waals surface area contributed by atoms with Gasteiger partial charge in [-0.1, -0.05) is 24.3 Å². The molecule has 7 heteroatoms. The molecule has 1 saturated heterocycles. The number of imide groups is 1. The third-order valence-electron chi connectivity index (χ3n) is 5.69. The summed E-state index contributed by atoms with van der Waals surface area (Å²) in [5.41, 5.74) is 0.991. The highest BCUT2D eigenvalue weighted by Crippen LogP contribution is 2.30. The maximum atomic E-state index is 12.8. The number of rotatable bonds is 6. The Kier molecular flexibility index (Phi) is 5.53. The molecule has 1 atom stereocenters. The summed E-state index contributed by atoms with van der Waals surface area (Å²) < 4.78 is 5.25. The average molecular weight is 408 g/mol. The lowest BCUT2D eigenvalue weighted by molar-refractivity contribution is -0.158. The molecule has 0 spiro atoms. The fraction of sp³-hybridized carbons (Fsp3) is 0.391. The van der Waals surface area contributed by atoms with Crippen LogP contribution >= 0.6 is 0 Å². The lowest BCUT2D eigenvalue weighted by atomic mass is 9.94. The fourth-order valence-corrected chi connectivity index (χ4v) is 4.17. The number of carbonyl (C=O) groups excluding carboxylic acids is 4. The molecule has 7 nitrogen and oxygen atoms in total. The Bertz CT molecular complexity index is 975. The van der Waals surface area contributed by atoms with Crippen molar-refractivity contribution in [2.45, 2.75) is 38.7 Å². The molecule has 2 aromatic rings. The largest absolute Gasteiger partial charge is 0.453 e. The molecule has 0 saturated carbocycles. The summed E-state index contributed by atoms with van der Waals surface area (Å²) in [6.07, 6.45) is 1.43. The molecule has 0 N–H and O–H groups in total. The zero-order chi connectivity index (χ0) is 21.3. The number of likely N-dealkylation sites (tertiary alicyclic amines) is 1. The van der Waals surface area contributed by atoms with Crippen LogP contribution in [0.25, 0.3) is 10.8 Å². The Balaban J connectivity index is 1.35. The highest BCUT2D eigenvalue weighted by Gasteiger charge is 2.32. The first-order valence-electron chi connectivity index (χ1n) is 10.3. The Labute approximate surface area is 174 Å². The zero-order valence-corrected chi connectivity index (χ0v) is 16.9. The van der Waals surface area contributed by atoms with Crippen molar-refractivity contribution in [2.24, 2.45) is 0 Å². The number of amides is 3. The minimum absolute atomic E-state index is 0.0283. The first kappa shape index (κ1) is 20.1. The van der Waals surface area contributed by atoms with Crippen molar-refractivity contribution in [1.82, 2.24) is 9.80 Å². The number of ether oxygens (including phenoxy) is 1. The molecule has 0 unspecified atom stereocenters. The van der Waals surface area contributed by atoms with Gasteiger partial charge in [-0.15, -0.1) is 0 Å². The molecule has 2 heterocycles. The Morgan fingerprint density at radius 1 is 1.00 bits per heavy atom. The van der Waals surface area contributed by atoms with Crippen molar-refractivity contribution in [1.29, 1.82) is 0 Å². The van der Waals surface area contributed by atoms with Crippen molar-refractivity contribution in [3.05, 3.63) is 47.5 Å². The van der Waals surface area contributed by atoms with Crippen LogP contribution in [0.2, 0.25) is 0 Å². The van der Waals surface area contributed by atoms with Gasteiger partial charge in [0.15, 0.2) is 6.10 Å². The minimum Gasteiger partial charge on any atom is -0.453 e. The van der Waals surface area contributed by atoms with Crippen LogP contribution in [0.5, 0.6) is 0 Å². The highest BCUT2D eigenvalue weighted by atomic mass is 16.5. The number of hydrogen-bond donors (Lipinski definition) is 0. The van der Waals surface area contributed by atoms with E-state index >= 15 is 0 Å². The van der Waals surface area contributed by atoms with Crippen molar-refractivity contribution in [3.63, 3.8) is 0 Å². The number of esters is 1. The summed E-state index contributed by atoms with van der Waals surface area (Å²) in [5.74, 6) is -1.38. The first-order valence-corrected chi connectivity index (χ1v) is 10.3. The summed E-state index contributed by atoms with van der Waals surface area (Å²) in [7, 11) is 0. The monoisotopic (exact) mass is 408 g/mol. The van der Waals surface area contributed by atoms with Gasteiger partial charge in [0.25, 0.3) is 17.7 Å². The predicted octanol–water partition coefficient (Wildman–Crippen LogP) is 2.77. The van der Waals surface area contributed by atoms with Crippen LogP contribution in [0.15, 0.2) is 36.4 Å². The number of nitrogens with zero attached hydrogens (tertiary/aromatic N) is 2. The van der Waals surface area contributed by atoms with Gasteiger partial charge < -0.3 is 9.64 Å². The Hall–Kier alpha value is -3.22. The van der Waals surface area contributed by atoms with Crippen LogP contribution in [0.3, 0.4) is 0 Å². The third-order valence-corrected chi connectivity index (χ3v) is 5.69. The molecule has 2 aliphatic heterocycles. The molecule has 0 bridgehead atoms. The van der Waals surface area contributed by atoms with Gasteiger partial charge >= 0.3 is 5.97 Å². The molecule has 4 rings (SSSR count). The van der Waals surface area contributed by atoms with Gasteiger partial charge in [0, 0.05) is 42.6 Å². The number of benzene rings is 2. The van der Waals surface area contributed by atoms with Gasteiger partial charge in [-0.2, -0.15) is 0 Å². The van der Waals surface area contributed by atoms with E-state index in [1.807, 2.05) is 12.1 Å². The van der Waals surface area contributed by atoms with Crippen LogP contribution in [0, 0.1) is 0 Å². The van der Waals surface area contributed by atoms with Crippen LogP contribution in [-0.2, 0) is 14.3 Å². The fourth-order valence-electron chi connectivity index (χ4n) is 4.17. The van der Waals surface area contributed by atoms with E-state index in [9.17, 15) is 19.2 Å². The van der Waals surface area contributed by atoms with E-state index in [4.69, 9.17) is 4.74 Å². The van der Waals surface area contributed by atoms with E-state index in [0.717, 1.165) is 18.2 Å². The van der Waals surface area contributed by atoms with E-state index in [0.29, 0.717) is 29.6 Å². The number of carbonyl (C=O) groups is 4. The predicted molar refractivity (Wildman–Crippen MR) is 110 cm³/mol. The van der Waals surface area contributed by atoms with Crippen molar-refractivity contribution in [2.75, 3.05) is 19.6 Å². The molecule has 3 amide bonds. The van der Waals surface area contributed by atoms with Crippen LogP contribution in [-0.4, -0.2) is 59.2 Å². The molecular weight excluding hydrogens is 384 g/mol. The van der Waals surface area contributed by atoms with Crippen LogP contribution < -0.4 is 0 Å². The molecular formula is C23H24N2O5. The van der Waals surface area contributed by atoms with Gasteiger partial charge in [0.2, 0.25) is 0 Å². The second-order valence-electron chi connectivity index (χ2n) is 7.74. The summed E-state index contributed by atoms with van der Waals surface area (Å²) in [6.45, 7) is 3.10. The molecule has 0 aliphatic carbocycles. The van der Waals surface area contributed by atoms with E-state index in [2.05, 4.69) is 0 Å². The van der Waals surface area contributed by atoms with Gasteiger partial charge in [-0.3, -0.25) is 24.1 Å². The summed E-state index contributed by atoms with van der Waals surface area (Å²) in [4.78, 5) is 53.0. The third kappa shape index (κ3) is 3.67. The zero-order valence-electron chi connectivity index (χ0n) is 16.9. The Morgan fingerprint density at radius 2 is 1.60 bits per heavy atom. The topological polar surface area (TPSA) is 84.0 Å². The van der Waals surface area contributed by atoms with Gasteiger partial charge in [-0.05, 0) is 43.7 Å². The van der Waals surface area contributed by atoms with E-state index in [1.165, 1.54) is 4.90 Å². The van der Waals surface area contributed by atoms with E-state index in [-0.39, 0.29) is 37.1 Å². The molecule has 2 aromatic carbocycles. The van der Waals surface area contributed by atoms with Crippen LogP contribution in [0.4, 0.5) is 0 Å². The molecule has 0 radical (unpaired) electrons. The van der Waals surface area contributed by atoms with Gasteiger partial charge in [0.1, 0.15) is 0 Å². The van der Waals surface area contributed by atoms with Gasteiger partial charge in [0.05, 0.1) is 0 Å². The summed E-state index contributed by atoms with van der Waals surface area (Å²) in [5, 5.41) is 1.53. The van der Waals surface area contributed by atoms with Crippen LogP contribution in [0.1, 0.15) is 53.3 Å². The van der Waals surface area contributed by atoms with Crippen molar-refractivity contribution < 1.29 is 23.9 Å². The molecule has 30 heavy (non-hydrogen) atoms. The molecule has 2 aliphatic rings. The quantitative estimate of drug-likeness (QED) is 0.542. The average Bonchev–Trinajstić information content (AvgIpc) is 3.28. The first-order chi connectivity index (χ1) is 14.5. The van der Waals surface area contributed by atoms with Crippen molar-refractivity contribution in [3.8, 4) is 0 Å². The normalized spacial score (nSPS) is 16.8. The van der Waals surface area contributed by atoms with Gasteiger partial charge in [-0.25, -0.2) is 0 Å². The summed E-state index contributed by atoms with van der Waals surface area (Å²) in [6, 6.07) is 10.8. The highest BCUT2D eigenvalue weighted by molar-refractivity contribution is 6.25. The van der Waals surface area contributed by atoms with E-state index < -0.39 is 12.1 Å². The molecule has 1 fully saturated rings.